The Bertz CT molecular complexity index is 754. The van der Waals surface area contributed by atoms with Crippen molar-refractivity contribution in [3.63, 3.8) is 0 Å². The summed E-state index contributed by atoms with van der Waals surface area (Å²) < 4.78 is 13.1. The Morgan fingerprint density at radius 1 is 0.781 bits per heavy atom. The van der Waals surface area contributed by atoms with Gasteiger partial charge in [-0.3, -0.25) is 4.79 Å². The molecule has 174 valence electrons. The second-order valence-electron chi connectivity index (χ2n) is 8.41. The largest absolute Gasteiger partial charge is 0.461 e. The van der Waals surface area contributed by atoms with Crippen molar-refractivity contribution in [1.82, 2.24) is 0 Å². The van der Waals surface area contributed by atoms with Gasteiger partial charge in [0, 0.05) is 0 Å². The number of aliphatic hydroxyl groups is 1. The molecule has 2 radical (unpaired) electrons. The maximum Gasteiger partial charge on any atom is 0.335 e. The molecule has 32 heavy (non-hydrogen) atoms. The average molecular weight is 547 g/mol. The molecule has 0 bridgehead atoms. The van der Waals surface area contributed by atoms with Crippen LogP contribution in [0.2, 0.25) is 8.87 Å². The molecule has 1 atom stereocenters. The van der Waals surface area contributed by atoms with Crippen LogP contribution >= 0.6 is 0 Å². The van der Waals surface area contributed by atoms with Gasteiger partial charge < -0.3 is 14.6 Å². The van der Waals surface area contributed by atoms with Crippen LogP contribution in [0.5, 0.6) is 0 Å². The SMILES string of the molecule is CC(C)[CH2][Sn][CH2]C(C)C.O=C(CC(O)C(=O)OCc1ccccc1)OCc1ccccc1. The zero-order chi connectivity index (χ0) is 23.8. The number of aliphatic hydroxyl groups excluding tert-OH is 1. The molecular weight excluding hydrogens is 511 g/mol. The summed E-state index contributed by atoms with van der Waals surface area (Å²) in [5.41, 5.74) is 1.64. The molecule has 0 aliphatic rings. The van der Waals surface area contributed by atoms with Gasteiger partial charge in [-0.15, -0.1) is 0 Å². The van der Waals surface area contributed by atoms with Crippen LogP contribution < -0.4 is 0 Å². The number of benzene rings is 2. The first-order valence-electron chi connectivity index (χ1n) is 11.1. The Morgan fingerprint density at radius 3 is 1.66 bits per heavy atom. The minimum absolute atomic E-state index is 0.0514. The van der Waals surface area contributed by atoms with Gasteiger partial charge in [-0.25, -0.2) is 4.79 Å². The number of carbonyl (C=O) groups is 2. The van der Waals surface area contributed by atoms with E-state index >= 15 is 0 Å². The van der Waals surface area contributed by atoms with Crippen molar-refractivity contribution in [2.75, 3.05) is 0 Å². The molecule has 0 aliphatic carbocycles. The predicted octanol–water partition coefficient (Wildman–Crippen LogP) is 5.06. The van der Waals surface area contributed by atoms with Crippen LogP contribution in [-0.2, 0) is 32.3 Å². The molecule has 0 saturated heterocycles. The molecule has 0 aromatic heterocycles. The molecule has 0 saturated carbocycles. The van der Waals surface area contributed by atoms with E-state index in [2.05, 4.69) is 27.7 Å². The average Bonchev–Trinajstić information content (AvgIpc) is 2.77. The van der Waals surface area contributed by atoms with E-state index in [1.54, 1.807) is 21.0 Å². The molecule has 2 aromatic rings. The molecule has 5 nitrogen and oxygen atoms in total. The van der Waals surface area contributed by atoms with Crippen LogP contribution in [0.3, 0.4) is 0 Å². The number of hydrogen-bond acceptors (Lipinski definition) is 5. The molecule has 0 amide bonds. The summed E-state index contributed by atoms with van der Waals surface area (Å²) in [6.07, 6.45) is -1.96. The fourth-order valence-corrected chi connectivity index (χ4v) is 6.30. The van der Waals surface area contributed by atoms with Crippen molar-refractivity contribution < 1.29 is 24.2 Å². The fourth-order valence-electron chi connectivity index (χ4n) is 2.52. The van der Waals surface area contributed by atoms with E-state index in [0.29, 0.717) is 0 Å². The molecule has 0 heterocycles. The summed E-state index contributed by atoms with van der Waals surface area (Å²) in [6, 6.07) is 18.2. The monoisotopic (exact) mass is 548 g/mol. The summed E-state index contributed by atoms with van der Waals surface area (Å²) in [7, 11) is 0. The van der Waals surface area contributed by atoms with Crippen LogP contribution in [0.1, 0.15) is 45.2 Å². The minimum atomic E-state index is -1.53. The number of carbonyl (C=O) groups excluding carboxylic acids is 2. The Balaban J connectivity index is 0.000000482. The van der Waals surface area contributed by atoms with Gasteiger partial charge in [-0.05, 0) is 11.1 Å². The normalized spacial score (nSPS) is 11.5. The molecule has 2 rings (SSSR count). The second kappa shape index (κ2) is 16.7. The van der Waals surface area contributed by atoms with E-state index in [0.717, 1.165) is 23.0 Å². The first kappa shape index (κ1) is 28.2. The van der Waals surface area contributed by atoms with Gasteiger partial charge in [0.1, 0.15) is 13.2 Å². The predicted molar refractivity (Wildman–Crippen MR) is 128 cm³/mol. The standard InChI is InChI=1S/C18H18O5.2C4H9.Sn/c19-16(18(21)23-13-15-9-5-2-6-10-15)11-17(20)22-12-14-7-3-1-4-8-14;2*1-4(2)3;/h1-10,16,19H,11-13H2;2*4H,1H2,2-3H3;. The maximum atomic E-state index is 11.6. The van der Waals surface area contributed by atoms with E-state index in [1.165, 1.54) is 0 Å². The zero-order valence-corrected chi connectivity index (χ0v) is 22.5. The third-order valence-electron chi connectivity index (χ3n) is 4.20. The number of ether oxygens (including phenoxy) is 2. The quantitative estimate of drug-likeness (QED) is 0.315. The van der Waals surface area contributed by atoms with Crippen LogP contribution in [-0.4, -0.2) is 44.3 Å². The first-order chi connectivity index (χ1) is 15.3. The van der Waals surface area contributed by atoms with E-state index < -0.39 is 24.5 Å². The Labute approximate surface area is 202 Å². The summed E-state index contributed by atoms with van der Waals surface area (Å²) in [5, 5.41) is 9.69. The summed E-state index contributed by atoms with van der Waals surface area (Å²) in [5.74, 6) is 0.439. The third-order valence-corrected chi connectivity index (χ3v) is 10.5. The van der Waals surface area contributed by atoms with Crippen molar-refractivity contribution in [2.24, 2.45) is 11.8 Å². The van der Waals surface area contributed by atoms with Crippen LogP contribution in [0.4, 0.5) is 0 Å². The molecule has 6 heteroatoms. The molecular formula is C26H36O5Sn. The topological polar surface area (TPSA) is 72.8 Å². The number of rotatable bonds is 11. The van der Waals surface area contributed by atoms with Gasteiger partial charge in [0.15, 0.2) is 6.10 Å². The van der Waals surface area contributed by atoms with Gasteiger partial charge in [0.05, 0.1) is 6.42 Å². The van der Waals surface area contributed by atoms with E-state index in [9.17, 15) is 14.7 Å². The van der Waals surface area contributed by atoms with Crippen LogP contribution in [0, 0.1) is 11.8 Å². The van der Waals surface area contributed by atoms with Crippen LogP contribution in [0.25, 0.3) is 0 Å². The van der Waals surface area contributed by atoms with E-state index in [-0.39, 0.29) is 34.4 Å². The van der Waals surface area contributed by atoms with Gasteiger partial charge in [0.2, 0.25) is 0 Å². The second-order valence-corrected chi connectivity index (χ2v) is 12.2. The molecule has 1 unspecified atom stereocenters. The van der Waals surface area contributed by atoms with E-state index in [4.69, 9.17) is 9.47 Å². The van der Waals surface area contributed by atoms with E-state index in [1.807, 2.05) is 48.5 Å². The Hall–Kier alpha value is -1.86. The minimum Gasteiger partial charge on any atom is -0.461 e. The van der Waals surface area contributed by atoms with Crippen molar-refractivity contribution >= 4 is 33.1 Å². The van der Waals surface area contributed by atoms with Crippen molar-refractivity contribution in [3.8, 4) is 0 Å². The first-order valence-corrected chi connectivity index (χ1v) is 15.1. The molecule has 2 aromatic carbocycles. The fraction of sp³-hybridized carbons (Fsp3) is 0.462. The maximum absolute atomic E-state index is 11.6. The number of esters is 2. The van der Waals surface area contributed by atoms with Gasteiger partial charge >= 0.3 is 81.5 Å². The third kappa shape index (κ3) is 14.2. The zero-order valence-electron chi connectivity index (χ0n) is 19.6. The smallest absolute Gasteiger partial charge is 0.335 e. The van der Waals surface area contributed by atoms with Crippen molar-refractivity contribution in [2.45, 2.75) is 62.3 Å². The van der Waals surface area contributed by atoms with Crippen molar-refractivity contribution in [3.05, 3.63) is 71.8 Å². The molecule has 0 fully saturated rings. The van der Waals surface area contributed by atoms with Crippen LogP contribution in [0.15, 0.2) is 60.7 Å². The molecule has 0 spiro atoms. The number of hydrogen-bond donors (Lipinski definition) is 1. The summed E-state index contributed by atoms with van der Waals surface area (Å²) >= 11 is 0.0709. The summed E-state index contributed by atoms with van der Waals surface area (Å²) in [4.78, 5) is 23.3. The molecule has 0 aliphatic heterocycles. The Kier molecular flexibility index (Phi) is 14.7. The Morgan fingerprint density at radius 2 is 1.22 bits per heavy atom. The molecule has 1 N–H and O–H groups in total. The summed E-state index contributed by atoms with van der Waals surface area (Å²) in [6.45, 7) is 9.49. The van der Waals surface area contributed by atoms with Crippen molar-refractivity contribution in [1.29, 1.82) is 0 Å². The van der Waals surface area contributed by atoms with Gasteiger partial charge in [-0.1, -0.05) is 60.7 Å². The van der Waals surface area contributed by atoms with Gasteiger partial charge in [0.25, 0.3) is 0 Å². The van der Waals surface area contributed by atoms with Gasteiger partial charge in [-0.2, -0.15) is 0 Å².